The third kappa shape index (κ3) is 6.16. The second kappa shape index (κ2) is 12.0. The molecule has 0 atom stereocenters. The zero-order chi connectivity index (χ0) is 27.3. The highest BCUT2D eigenvalue weighted by Crippen LogP contribution is 2.33. The molecule has 5 nitrogen and oxygen atoms in total. The predicted molar refractivity (Wildman–Crippen MR) is 163 cm³/mol. The van der Waals surface area contributed by atoms with Crippen molar-refractivity contribution in [1.82, 2.24) is 10.3 Å². The van der Waals surface area contributed by atoms with Gasteiger partial charge in [-0.15, -0.1) is 0 Å². The van der Waals surface area contributed by atoms with Crippen LogP contribution < -0.4 is 15.6 Å². The van der Waals surface area contributed by atoms with Gasteiger partial charge in [0, 0.05) is 48.2 Å². The maximum Gasteiger partial charge on any atom is 0.155 e. The average Bonchev–Trinajstić information content (AvgIpc) is 2.89. The number of fused-ring (bicyclic) bond motifs is 5. The van der Waals surface area contributed by atoms with Crippen molar-refractivity contribution in [2.75, 3.05) is 38.6 Å². The van der Waals surface area contributed by atoms with Gasteiger partial charge in [-0.05, 0) is 81.2 Å². The zero-order valence-corrected chi connectivity index (χ0v) is 24.1. The van der Waals surface area contributed by atoms with Gasteiger partial charge in [0.2, 0.25) is 0 Å². The first-order valence-corrected chi connectivity index (χ1v) is 13.8. The second-order valence-corrected chi connectivity index (χ2v) is 11.1. The second-order valence-electron chi connectivity index (χ2n) is 11.1. The van der Waals surface area contributed by atoms with Gasteiger partial charge < -0.3 is 14.6 Å². The summed E-state index contributed by atoms with van der Waals surface area (Å²) in [5.41, 5.74) is 4.05. The number of nitrogens with zero attached hydrogens (tertiary/aromatic N) is 3. The van der Waals surface area contributed by atoms with Crippen LogP contribution in [0.25, 0.3) is 44.1 Å². The van der Waals surface area contributed by atoms with Crippen molar-refractivity contribution in [2.45, 2.75) is 47.5 Å². The number of hydrogen-bond acceptors (Lipinski definition) is 5. The fourth-order valence-corrected chi connectivity index (χ4v) is 4.89. The van der Waals surface area contributed by atoms with E-state index in [2.05, 4.69) is 105 Å². The van der Waals surface area contributed by atoms with Gasteiger partial charge in [-0.1, -0.05) is 45.0 Å². The maximum atomic E-state index is 6.50. The first-order valence-electron chi connectivity index (χ1n) is 13.8. The van der Waals surface area contributed by atoms with Gasteiger partial charge in [0.05, 0.1) is 5.36 Å². The first-order chi connectivity index (χ1) is 18.3. The summed E-state index contributed by atoms with van der Waals surface area (Å²) in [7, 11) is 3.75. The Kier molecular flexibility index (Phi) is 8.68. The minimum Gasteiger partial charge on any atom is -0.453 e. The molecular formula is C33H42N4O. The van der Waals surface area contributed by atoms with Crippen LogP contribution in [0.4, 0.5) is 5.69 Å². The van der Waals surface area contributed by atoms with Crippen LogP contribution in [0.15, 0.2) is 70.1 Å². The lowest BCUT2D eigenvalue weighted by molar-refractivity contribution is 0.368. The fourth-order valence-electron chi connectivity index (χ4n) is 4.89. The molecule has 0 bridgehead atoms. The van der Waals surface area contributed by atoms with E-state index in [4.69, 9.17) is 14.4 Å². The molecule has 2 aliphatic rings. The van der Waals surface area contributed by atoms with Gasteiger partial charge in [-0.25, -0.2) is 4.98 Å². The summed E-state index contributed by atoms with van der Waals surface area (Å²) in [6.45, 7) is 13.9. The highest BCUT2D eigenvalue weighted by Gasteiger charge is 2.17. The standard InChI is InChI=1S/C31H35N3O.C2H7N/c1-6-34(7-2)23-13-14-26-28(19-23)35-29-20-27(32-16-10-15-31(3,4)5)24-17-21-11-8-9-12-22(21)18-25(24)30(29)33-26;1-3-2/h8-9,11-14,17-20H,6-7,10,15-16H2,1-5H3;3H,1-2H3. The van der Waals surface area contributed by atoms with Gasteiger partial charge >= 0.3 is 0 Å². The SMILES string of the molecule is CCN(CC)c1ccc2nc3c4cc5ccccc5cc4c(=NCCCC(C)(C)C)cc-3oc2c1.CNC. The van der Waals surface area contributed by atoms with Gasteiger partial charge in [-0.2, -0.15) is 0 Å². The van der Waals surface area contributed by atoms with Crippen molar-refractivity contribution < 1.29 is 4.42 Å². The molecule has 1 aliphatic heterocycles. The summed E-state index contributed by atoms with van der Waals surface area (Å²) in [6, 6.07) is 21.4. The quantitative estimate of drug-likeness (QED) is 0.145. The summed E-state index contributed by atoms with van der Waals surface area (Å²) in [5, 5.41) is 8.37. The van der Waals surface area contributed by atoms with Gasteiger partial charge in [-0.3, -0.25) is 4.99 Å². The Bertz CT molecular complexity index is 1560. The van der Waals surface area contributed by atoms with Gasteiger partial charge in [0.25, 0.3) is 0 Å². The van der Waals surface area contributed by atoms with Crippen LogP contribution in [-0.4, -0.2) is 38.7 Å². The van der Waals surface area contributed by atoms with E-state index in [0.717, 1.165) is 76.8 Å². The number of nitrogens with one attached hydrogen (secondary N) is 1. The molecule has 3 aromatic rings. The fraction of sp³-hybridized carbons (Fsp3) is 0.394. The van der Waals surface area contributed by atoms with E-state index in [-0.39, 0.29) is 0 Å². The molecule has 200 valence electrons. The number of anilines is 1. The Labute approximate surface area is 226 Å². The predicted octanol–water partition coefficient (Wildman–Crippen LogP) is 7.65. The summed E-state index contributed by atoms with van der Waals surface area (Å²) in [4.78, 5) is 12.5. The number of hydrogen-bond donors (Lipinski definition) is 1. The zero-order valence-electron chi connectivity index (χ0n) is 24.1. The van der Waals surface area contributed by atoms with Crippen molar-refractivity contribution in [1.29, 1.82) is 0 Å². The van der Waals surface area contributed by atoms with Crippen molar-refractivity contribution in [3.05, 3.63) is 66.0 Å². The third-order valence-electron chi connectivity index (χ3n) is 6.81. The minimum atomic E-state index is 0.317. The first kappa shape index (κ1) is 27.6. The molecule has 1 aliphatic carbocycles. The molecule has 1 N–H and O–H groups in total. The smallest absolute Gasteiger partial charge is 0.155 e. The molecule has 0 unspecified atom stereocenters. The molecule has 38 heavy (non-hydrogen) atoms. The van der Waals surface area contributed by atoms with E-state index in [0.29, 0.717) is 5.41 Å². The molecular weight excluding hydrogens is 468 g/mol. The molecule has 0 spiro atoms. The lowest BCUT2D eigenvalue weighted by Gasteiger charge is -2.21. The lowest BCUT2D eigenvalue weighted by Crippen LogP contribution is -2.21. The van der Waals surface area contributed by atoms with E-state index in [1.807, 2.05) is 14.1 Å². The van der Waals surface area contributed by atoms with E-state index < -0.39 is 0 Å². The summed E-state index contributed by atoms with van der Waals surface area (Å²) in [6.07, 6.45) is 2.21. The third-order valence-corrected chi connectivity index (χ3v) is 6.81. The van der Waals surface area contributed by atoms with Crippen LogP contribution in [0.1, 0.15) is 47.5 Å². The Morgan fingerprint density at radius 3 is 2.18 bits per heavy atom. The Morgan fingerprint density at radius 1 is 0.895 bits per heavy atom. The molecule has 0 amide bonds. The molecule has 1 heterocycles. The number of rotatable bonds is 6. The van der Waals surface area contributed by atoms with E-state index in [9.17, 15) is 0 Å². The van der Waals surface area contributed by atoms with Crippen molar-refractivity contribution in [3.8, 4) is 11.5 Å². The van der Waals surface area contributed by atoms with Gasteiger partial charge in [0.1, 0.15) is 11.2 Å². The summed E-state index contributed by atoms with van der Waals surface area (Å²) >= 11 is 0. The topological polar surface area (TPSA) is 53.7 Å². The van der Waals surface area contributed by atoms with Crippen LogP contribution in [0.2, 0.25) is 0 Å². The van der Waals surface area contributed by atoms with Crippen LogP contribution >= 0.6 is 0 Å². The summed E-state index contributed by atoms with van der Waals surface area (Å²) in [5.74, 6) is 0.784. The summed E-state index contributed by atoms with van der Waals surface area (Å²) < 4.78 is 6.50. The van der Waals surface area contributed by atoms with Crippen molar-refractivity contribution in [2.24, 2.45) is 10.4 Å². The lowest BCUT2D eigenvalue weighted by atomic mass is 9.91. The van der Waals surface area contributed by atoms with Crippen LogP contribution in [-0.2, 0) is 0 Å². The van der Waals surface area contributed by atoms with E-state index in [1.165, 1.54) is 10.8 Å². The Balaban J connectivity index is 0.00000107. The van der Waals surface area contributed by atoms with Crippen LogP contribution in [0.5, 0.6) is 0 Å². The average molecular weight is 511 g/mol. The minimum absolute atomic E-state index is 0.317. The molecule has 0 saturated carbocycles. The Morgan fingerprint density at radius 2 is 1.55 bits per heavy atom. The normalized spacial score (nSPS) is 12.3. The number of aromatic nitrogens is 1. The molecule has 5 heteroatoms. The highest BCUT2D eigenvalue weighted by molar-refractivity contribution is 6.04. The molecule has 0 saturated heterocycles. The largest absolute Gasteiger partial charge is 0.453 e. The number of benzene rings is 4. The molecule has 0 radical (unpaired) electrons. The molecule has 0 fully saturated rings. The maximum absolute atomic E-state index is 6.50. The monoisotopic (exact) mass is 510 g/mol. The van der Waals surface area contributed by atoms with Crippen LogP contribution in [0, 0.1) is 5.41 Å². The van der Waals surface area contributed by atoms with Crippen molar-refractivity contribution in [3.63, 3.8) is 0 Å². The van der Waals surface area contributed by atoms with Crippen LogP contribution in [0.3, 0.4) is 0 Å². The molecule has 0 aromatic heterocycles. The van der Waals surface area contributed by atoms with E-state index >= 15 is 0 Å². The van der Waals surface area contributed by atoms with Gasteiger partial charge in [0.15, 0.2) is 11.3 Å². The Hall–Kier alpha value is -3.44. The van der Waals surface area contributed by atoms with Crippen molar-refractivity contribution >= 4 is 38.3 Å². The molecule has 3 aromatic carbocycles. The van der Waals surface area contributed by atoms with E-state index in [1.54, 1.807) is 0 Å². The molecule has 5 rings (SSSR count). The highest BCUT2D eigenvalue weighted by atomic mass is 16.3.